The Balaban J connectivity index is 1.58. The third kappa shape index (κ3) is 3.13. The standard InChI is InChI=1S/C16H10N2O4S4/c19-13-11(25-15(23)17(13)7-9-3-1-5-21-9)12-14(20)18(16(24)26-12)8-10-4-2-6-22-10/h1-6H,7-8H2. The lowest BCUT2D eigenvalue weighted by Gasteiger charge is -2.12. The molecule has 10 heteroatoms. The van der Waals surface area contributed by atoms with Crippen molar-refractivity contribution in [1.29, 1.82) is 0 Å². The normalized spacial score (nSPS) is 20.8. The summed E-state index contributed by atoms with van der Waals surface area (Å²) < 4.78 is 11.3. The van der Waals surface area contributed by atoms with Gasteiger partial charge >= 0.3 is 0 Å². The van der Waals surface area contributed by atoms with Gasteiger partial charge in [-0.1, -0.05) is 48.0 Å². The average molecular weight is 423 g/mol. The molecule has 0 aromatic carbocycles. The number of rotatable bonds is 4. The molecule has 0 radical (unpaired) electrons. The van der Waals surface area contributed by atoms with Crippen LogP contribution in [0.2, 0.25) is 0 Å². The average Bonchev–Trinajstić information content (AvgIpc) is 3.39. The Kier molecular flexibility index (Phi) is 4.74. The third-order valence-electron chi connectivity index (χ3n) is 3.69. The van der Waals surface area contributed by atoms with Crippen LogP contribution in [0.25, 0.3) is 0 Å². The van der Waals surface area contributed by atoms with Crippen LogP contribution in [0.3, 0.4) is 0 Å². The van der Waals surface area contributed by atoms with E-state index in [0.29, 0.717) is 30.0 Å². The first-order valence-corrected chi connectivity index (χ1v) is 9.86. The maximum absolute atomic E-state index is 12.8. The fourth-order valence-electron chi connectivity index (χ4n) is 2.46. The second-order valence-electron chi connectivity index (χ2n) is 5.34. The maximum atomic E-state index is 12.8. The molecule has 2 amide bonds. The zero-order valence-electron chi connectivity index (χ0n) is 13.0. The Labute approximate surface area is 167 Å². The molecule has 0 atom stereocenters. The second kappa shape index (κ2) is 7.03. The Morgan fingerprint density at radius 1 is 0.808 bits per heavy atom. The van der Waals surface area contributed by atoms with E-state index in [0.717, 1.165) is 23.5 Å². The number of hydrogen-bond acceptors (Lipinski definition) is 8. The number of nitrogens with zero attached hydrogens (tertiary/aromatic N) is 2. The zero-order valence-corrected chi connectivity index (χ0v) is 16.3. The quantitative estimate of drug-likeness (QED) is 0.548. The highest BCUT2D eigenvalue weighted by Crippen LogP contribution is 2.42. The first-order chi connectivity index (χ1) is 12.5. The highest BCUT2D eigenvalue weighted by molar-refractivity contribution is 8.29. The smallest absolute Gasteiger partial charge is 0.267 e. The first-order valence-electron chi connectivity index (χ1n) is 7.41. The van der Waals surface area contributed by atoms with E-state index in [9.17, 15) is 9.59 Å². The second-order valence-corrected chi connectivity index (χ2v) is 8.62. The summed E-state index contributed by atoms with van der Waals surface area (Å²) in [6.45, 7) is 0.460. The Bertz CT molecular complexity index is 857. The van der Waals surface area contributed by atoms with Gasteiger partial charge in [0.1, 0.15) is 20.2 Å². The van der Waals surface area contributed by atoms with Crippen molar-refractivity contribution in [2.45, 2.75) is 13.1 Å². The van der Waals surface area contributed by atoms with Gasteiger partial charge in [0.05, 0.1) is 35.4 Å². The van der Waals surface area contributed by atoms with Gasteiger partial charge in [0.25, 0.3) is 11.8 Å². The van der Waals surface area contributed by atoms with E-state index in [1.54, 1.807) is 24.3 Å². The molecule has 6 nitrogen and oxygen atoms in total. The van der Waals surface area contributed by atoms with E-state index < -0.39 is 0 Å². The van der Waals surface area contributed by atoms with Crippen molar-refractivity contribution in [2.75, 3.05) is 0 Å². The number of carbonyl (C=O) groups is 2. The van der Waals surface area contributed by atoms with Crippen LogP contribution in [0.5, 0.6) is 0 Å². The third-order valence-corrected chi connectivity index (χ3v) is 6.72. The molecule has 0 bridgehead atoms. The fourth-order valence-corrected chi connectivity index (χ4v) is 5.12. The molecule has 2 aliphatic rings. The van der Waals surface area contributed by atoms with Crippen LogP contribution in [0, 0.1) is 0 Å². The summed E-state index contributed by atoms with van der Waals surface area (Å²) in [5.74, 6) is 0.616. The molecule has 26 heavy (non-hydrogen) atoms. The Hall–Kier alpha value is -1.88. The van der Waals surface area contributed by atoms with E-state index in [4.69, 9.17) is 33.3 Å². The number of amides is 2. The molecule has 0 N–H and O–H groups in total. The summed E-state index contributed by atoms with van der Waals surface area (Å²) in [6, 6.07) is 7.02. The molecule has 2 fully saturated rings. The maximum Gasteiger partial charge on any atom is 0.267 e. The van der Waals surface area contributed by atoms with Crippen molar-refractivity contribution in [3.63, 3.8) is 0 Å². The van der Waals surface area contributed by atoms with Crippen molar-refractivity contribution in [3.05, 3.63) is 58.1 Å². The molecule has 2 saturated heterocycles. The molecule has 4 rings (SSSR count). The summed E-state index contributed by atoms with van der Waals surface area (Å²) in [6.07, 6.45) is 3.07. The number of carbonyl (C=O) groups excluding carboxylic acids is 2. The van der Waals surface area contributed by atoms with E-state index in [2.05, 4.69) is 0 Å². The predicted molar refractivity (Wildman–Crippen MR) is 106 cm³/mol. The lowest BCUT2D eigenvalue weighted by molar-refractivity contribution is -0.125. The van der Waals surface area contributed by atoms with Crippen molar-refractivity contribution >= 4 is 68.4 Å². The summed E-state index contributed by atoms with van der Waals surface area (Å²) in [5.41, 5.74) is 0. The van der Waals surface area contributed by atoms with Gasteiger partial charge in [-0.05, 0) is 24.3 Å². The number of hydrogen-bond donors (Lipinski definition) is 0. The molecule has 0 unspecified atom stereocenters. The van der Waals surface area contributed by atoms with Crippen LogP contribution in [0.4, 0.5) is 0 Å². The molecule has 0 aliphatic carbocycles. The van der Waals surface area contributed by atoms with Gasteiger partial charge in [0, 0.05) is 0 Å². The van der Waals surface area contributed by atoms with Gasteiger partial charge in [0.2, 0.25) is 0 Å². The monoisotopic (exact) mass is 422 g/mol. The SMILES string of the molecule is O=C1C(=C2SC(=S)N(Cc3ccco3)C2=O)SC(=S)N1Cc1ccco1. The van der Waals surface area contributed by atoms with Gasteiger partial charge in [0.15, 0.2) is 0 Å². The minimum Gasteiger partial charge on any atom is -0.467 e. The highest BCUT2D eigenvalue weighted by Gasteiger charge is 2.42. The van der Waals surface area contributed by atoms with Crippen LogP contribution in [-0.2, 0) is 22.7 Å². The summed E-state index contributed by atoms with van der Waals surface area (Å²) >= 11 is 12.8. The van der Waals surface area contributed by atoms with E-state index in [1.807, 2.05) is 0 Å². The van der Waals surface area contributed by atoms with Gasteiger partial charge < -0.3 is 8.83 Å². The van der Waals surface area contributed by atoms with Crippen molar-refractivity contribution < 1.29 is 18.4 Å². The lowest BCUT2D eigenvalue weighted by atomic mass is 10.3. The summed E-state index contributed by atoms with van der Waals surface area (Å²) in [7, 11) is 0. The Morgan fingerprint density at radius 2 is 1.23 bits per heavy atom. The summed E-state index contributed by atoms with van der Waals surface area (Å²) in [4.78, 5) is 29.0. The van der Waals surface area contributed by atoms with Crippen molar-refractivity contribution in [3.8, 4) is 0 Å². The van der Waals surface area contributed by atoms with Crippen molar-refractivity contribution in [2.24, 2.45) is 0 Å². The fraction of sp³-hybridized carbons (Fsp3) is 0.125. The van der Waals surface area contributed by atoms with E-state index in [-0.39, 0.29) is 24.9 Å². The predicted octanol–water partition coefficient (Wildman–Crippen LogP) is 3.51. The molecule has 0 saturated carbocycles. The van der Waals surface area contributed by atoms with Crippen LogP contribution in [-0.4, -0.2) is 30.3 Å². The molecule has 132 valence electrons. The van der Waals surface area contributed by atoms with Gasteiger partial charge in [-0.25, -0.2) is 0 Å². The van der Waals surface area contributed by atoms with Crippen LogP contribution >= 0.6 is 48.0 Å². The van der Waals surface area contributed by atoms with E-state index >= 15 is 0 Å². The number of thiocarbonyl (C=S) groups is 2. The zero-order chi connectivity index (χ0) is 18.3. The Morgan fingerprint density at radius 3 is 1.58 bits per heavy atom. The van der Waals surface area contributed by atoms with Gasteiger partial charge in [-0.3, -0.25) is 19.4 Å². The largest absolute Gasteiger partial charge is 0.467 e. The van der Waals surface area contributed by atoms with Crippen LogP contribution in [0.15, 0.2) is 55.4 Å². The van der Waals surface area contributed by atoms with Gasteiger partial charge in [-0.2, -0.15) is 0 Å². The van der Waals surface area contributed by atoms with Crippen molar-refractivity contribution in [1.82, 2.24) is 9.80 Å². The molecular formula is C16H10N2O4S4. The molecule has 4 heterocycles. The molecule has 0 spiro atoms. The molecule has 2 aliphatic heterocycles. The minimum absolute atomic E-state index is 0.230. The van der Waals surface area contributed by atoms with E-state index in [1.165, 1.54) is 22.3 Å². The molecular weight excluding hydrogens is 412 g/mol. The minimum atomic E-state index is -0.310. The molecule has 2 aromatic rings. The topological polar surface area (TPSA) is 66.9 Å². The number of thioether (sulfide) groups is 2. The highest BCUT2D eigenvalue weighted by atomic mass is 32.2. The van der Waals surface area contributed by atoms with Gasteiger partial charge in [-0.15, -0.1) is 0 Å². The first kappa shape index (κ1) is 17.5. The lowest BCUT2D eigenvalue weighted by Crippen LogP contribution is -2.29. The molecule has 2 aromatic heterocycles. The van der Waals surface area contributed by atoms with Crippen LogP contribution in [0.1, 0.15) is 11.5 Å². The summed E-state index contributed by atoms with van der Waals surface area (Å²) in [5, 5.41) is 0. The van der Waals surface area contributed by atoms with Crippen LogP contribution < -0.4 is 0 Å². The number of furan rings is 2.